The zero-order chi connectivity index (χ0) is 19.8. The first-order valence-electron chi connectivity index (χ1n) is 10.5. The average molecular weight is 388 g/mol. The van der Waals surface area contributed by atoms with E-state index in [1.54, 1.807) is 7.11 Å². The van der Waals surface area contributed by atoms with E-state index >= 15 is 0 Å². The Bertz CT molecular complexity index is 650. The second-order valence-corrected chi connectivity index (χ2v) is 7.93. The summed E-state index contributed by atoms with van der Waals surface area (Å²) >= 11 is 0. The summed E-state index contributed by atoms with van der Waals surface area (Å²) < 4.78 is 5.31. The Kier molecular flexibility index (Phi) is 7.71. The van der Waals surface area contributed by atoms with Gasteiger partial charge >= 0.3 is 0 Å². The van der Waals surface area contributed by atoms with Crippen molar-refractivity contribution in [1.82, 2.24) is 15.1 Å². The fourth-order valence-electron chi connectivity index (χ4n) is 4.24. The molecule has 1 aromatic carbocycles. The van der Waals surface area contributed by atoms with Gasteiger partial charge in [-0.05, 0) is 18.4 Å². The molecule has 2 amide bonds. The Hall–Kier alpha value is -2.08. The van der Waals surface area contributed by atoms with E-state index in [4.69, 9.17) is 4.74 Å². The van der Waals surface area contributed by atoms with Crippen molar-refractivity contribution in [3.63, 3.8) is 0 Å². The smallest absolute Gasteiger partial charge is 0.234 e. The molecule has 1 saturated carbocycles. The Labute approximate surface area is 168 Å². The molecule has 6 nitrogen and oxygen atoms in total. The van der Waals surface area contributed by atoms with Gasteiger partial charge in [-0.1, -0.05) is 43.9 Å². The minimum atomic E-state index is 0.00640. The molecule has 0 aromatic heterocycles. The number of nitrogens with zero attached hydrogens (tertiary/aromatic N) is 2. The molecule has 0 radical (unpaired) electrons. The van der Waals surface area contributed by atoms with E-state index in [0.29, 0.717) is 19.5 Å². The van der Waals surface area contributed by atoms with E-state index in [2.05, 4.69) is 10.2 Å². The number of piperazine rings is 1. The van der Waals surface area contributed by atoms with Gasteiger partial charge in [-0.2, -0.15) is 0 Å². The number of rotatable bonds is 8. The summed E-state index contributed by atoms with van der Waals surface area (Å²) in [5.74, 6) is 1.84. The molecule has 1 heterocycles. The highest BCUT2D eigenvalue weighted by Crippen LogP contribution is 2.28. The number of methoxy groups -OCH3 is 1. The Morgan fingerprint density at radius 2 is 1.82 bits per heavy atom. The molecule has 0 spiro atoms. The van der Waals surface area contributed by atoms with Crippen molar-refractivity contribution in [2.24, 2.45) is 5.92 Å². The molecule has 1 saturated heterocycles. The van der Waals surface area contributed by atoms with E-state index in [0.717, 1.165) is 49.8 Å². The van der Waals surface area contributed by atoms with Gasteiger partial charge in [-0.15, -0.1) is 0 Å². The molecule has 1 aromatic rings. The predicted molar refractivity (Wildman–Crippen MR) is 109 cm³/mol. The third-order valence-electron chi connectivity index (χ3n) is 6.00. The topological polar surface area (TPSA) is 61.9 Å². The van der Waals surface area contributed by atoms with Gasteiger partial charge in [0.1, 0.15) is 5.75 Å². The highest BCUT2D eigenvalue weighted by atomic mass is 16.5. The van der Waals surface area contributed by atoms with Gasteiger partial charge in [-0.3, -0.25) is 14.5 Å². The van der Waals surface area contributed by atoms with Crippen LogP contribution in [0, 0.1) is 5.92 Å². The summed E-state index contributed by atoms with van der Waals surface area (Å²) in [5, 5.41) is 2.97. The molecular weight excluding hydrogens is 354 g/mol. The highest BCUT2D eigenvalue weighted by molar-refractivity contribution is 5.78. The minimum absolute atomic E-state index is 0.00640. The molecule has 1 aliphatic carbocycles. The molecule has 6 heteroatoms. The number of hydrogen-bond acceptors (Lipinski definition) is 4. The van der Waals surface area contributed by atoms with Crippen LogP contribution in [0.3, 0.4) is 0 Å². The quantitative estimate of drug-likeness (QED) is 0.744. The van der Waals surface area contributed by atoms with Crippen molar-refractivity contribution < 1.29 is 14.3 Å². The summed E-state index contributed by atoms with van der Waals surface area (Å²) in [5.41, 5.74) is 0.969. The lowest BCUT2D eigenvalue weighted by atomic mass is 10.0. The zero-order valence-corrected chi connectivity index (χ0v) is 17.0. The van der Waals surface area contributed by atoms with Crippen molar-refractivity contribution in [3.8, 4) is 5.75 Å². The number of hydrogen-bond donors (Lipinski definition) is 1. The minimum Gasteiger partial charge on any atom is -0.496 e. The number of amides is 2. The van der Waals surface area contributed by atoms with Gasteiger partial charge in [0, 0.05) is 44.7 Å². The summed E-state index contributed by atoms with van der Waals surface area (Å²) in [4.78, 5) is 28.8. The number of carbonyl (C=O) groups excluding carboxylic acids is 2. The molecule has 3 rings (SSSR count). The number of para-hydroxylation sites is 1. The summed E-state index contributed by atoms with van der Waals surface area (Å²) in [6.45, 7) is 3.81. The second-order valence-electron chi connectivity index (χ2n) is 7.93. The van der Waals surface area contributed by atoms with E-state index in [1.807, 2.05) is 29.2 Å². The Morgan fingerprint density at radius 3 is 2.54 bits per heavy atom. The SMILES string of the molecule is COc1ccccc1CNC(=O)CN1CCN(C(=O)CCC2CCCC2)CC1. The van der Waals surface area contributed by atoms with Gasteiger partial charge < -0.3 is 15.0 Å². The van der Waals surface area contributed by atoms with Crippen LogP contribution in [0.5, 0.6) is 5.75 Å². The van der Waals surface area contributed by atoms with E-state index in [9.17, 15) is 9.59 Å². The lowest BCUT2D eigenvalue weighted by molar-refractivity contribution is -0.133. The fraction of sp³-hybridized carbons (Fsp3) is 0.636. The van der Waals surface area contributed by atoms with Gasteiger partial charge in [-0.25, -0.2) is 0 Å². The zero-order valence-electron chi connectivity index (χ0n) is 17.0. The maximum Gasteiger partial charge on any atom is 0.234 e. The van der Waals surface area contributed by atoms with Crippen LogP contribution in [-0.4, -0.2) is 61.4 Å². The molecule has 0 unspecified atom stereocenters. The number of ether oxygens (including phenoxy) is 1. The molecule has 1 aliphatic heterocycles. The van der Waals surface area contributed by atoms with Crippen LogP contribution in [0.1, 0.15) is 44.1 Å². The first kappa shape index (κ1) is 20.6. The molecule has 0 bridgehead atoms. The lowest BCUT2D eigenvalue weighted by Crippen LogP contribution is -2.51. The van der Waals surface area contributed by atoms with Crippen molar-refractivity contribution in [3.05, 3.63) is 29.8 Å². The molecular formula is C22H33N3O3. The lowest BCUT2D eigenvalue weighted by Gasteiger charge is -2.34. The van der Waals surface area contributed by atoms with Crippen molar-refractivity contribution >= 4 is 11.8 Å². The average Bonchev–Trinajstić information content (AvgIpc) is 3.25. The molecule has 2 aliphatic rings. The predicted octanol–water partition coefficient (Wildman–Crippen LogP) is 2.43. The van der Waals surface area contributed by atoms with Gasteiger partial charge in [0.05, 0.1) is 13.7 Å². The van der Waals surface area contributed by atoms with Crippen LogP contribution in [0.4, 0.5) is 0 Å². The van der Waals surface area contributed by atoms with Crippen LogP contribution in [-0.2, 0) is 16.1 Å². The molecule has 2 fully saturated rings. The van der Waals surface area contributed by atoms with Crippen molar-refractivity contribution in [2.75, 3.05) is 39.8 Å². The maximum atomic E-state index is 12.4. The normalized spacial score (nSPS) is 18.2. The summed E-state index contributed by atoms with van der Waals surface area (Å²) in [6.07, 6.45) is 6.98. The fourth-order valence-corrected chi connectivity index (χ4v) is 4.24. The van der Waals surface area contributed by atoms with Gasteiger partial charge in [0.25, 0.3) is 0 Å². The second kappa shape index (κ2) is 10.5. The van der Waals surface area contributed by atoms with Crippen LogP contribution in [0.15, 0.2) is 24.3 Å². The molecule has 1 N–H and O–H groups in total. The van der Waals surface area contributed by atoms with Gasteiger partial charge in [0.15, 0.2) is 0 Å². The third kappa shape index (κ3) is 5.96. The first-order chi connectivity index (χ1) is 13.7. The first-order valence-corrected chi connectivity index (χ1v) is 10.5. The molecule has 28 heavy (non-hydrogen) atoms. The van der Waals surface area contributed by atoms with Crippen LogP contribution in [0.25, 0.3) is 0 Å². The monoisotopic (exact) mass is 387 g/mol. The van der Waals surface area contributed by atoms with Crippen molar-refractivity contribution in [1.29, 1.82) is 0 Å². The Balaban J connectivity index is 1.34. The van der Waals surface area contributed by atoms with Gasteiger partial charge in [0.2, 0.25) is 11.8 Å². The molecule has 0 atom stereocenters. The van der Waals surface area contributed by atoms with E-state index in [1.165, 1.54) is 25.7 Å². The van der Waals surface area contributed by atoms with E-state index in [-0.39, 0.29) is 11.8 Å². The number of benzene rings is 1. The summed E-state index contributed by atoms with van der Waals surface area (Å²) in [6, 6.07) is 7.70. The number of nitrogens with one attached hydrogen (secondary N) is 1. The maximum absolute atomic E-state index is 12.4. The van der Waals surface area contributed by atoms with E-state index < -0.39 is 0 Å². The van der Waals surface area contributed by atoms with Crippen LogP contribution < -0.4 is 10.1 Å². The Morgan fingerprint density at radius 1 is 1.11 bits per heavy atom. The highest BCUT2D eigenvalue weighted by Gasteiger charge is 2.23. The van der Waals surface area contributed by atoms with Crippen LogP contribution in [0.2, 0.25) is 0 Å². The third-order valence-corrected chi connectivity index (χ3v) is 6.00. The van der Waals surface area contributed by atoms with Crippen molar-refractivity contribution in [2.45, 2.75) is 45.1 Å². The number of carbonyl (C=O) groups is 2. The largest absolute Gasteiger partial charge is 0.496 e. The standard InChI is InChI=1S/C22H33N3O3/c1-28-20-9-5-4-8-19(20)16-23-21(26)17-24-12-14-25(15-13-24)22(27)11-10-18-6-2-3-7-18/h4-5,8-9,18H,2-3,6-7,10-17H2,1H3,(H,23,26). The molecule has 154 valence electrons. The summed E-state index contributed by atoms with van der Waals surface area (Å²) in [7, 11) is 1.63. The van der Waals surface area contributed by atoms with Crippen LogP contribution >= 0.6 is 0 Å².